The van der Waals surface area contributed by atoms with Gasteiger partial charge in [-0.25, -0.2) is 0 Å². The standard InChI is InChI=1S/C5H10N2O/c1-7-3-2-6-5(8)4-7/h2-4H2,1H3,(H,6,8)/i1D3. The number of likely N-dealkylation sites (N-methyl/N-ethyl adjacent to an activating group) is 1. The molecule has 1 rings (SSSR count). The molecule has 0 aromatic rings. The summed E-state index contributed by atoms with van der Waals surface area (Å²) >= 11 is 0. The van der Waals surface area contributed by atoms with E-state index in [0.29, 0.717) is 13.1 Å². The summed E-state index contributed by atoms with van der Waals surface area (Å²) < 4.78 is 21.0. The van der Waals surface area contributed by atoms with Gasteiger partial charge in [0.1, 0.15) is 0 Å². The lowest BCUT2D eigenvalue weighted by atomic mass is 10.4. The van der Waals surface area contributed by atoms with Gasteiger partial charge in [0.15, 0.2) is 0 Å². The minimum absolute atomic E-state index is 0.0174. The van der Waals surface area contributed by atoms with Gasteiger partial charge in [-0.1, -0.05) is 0 Å². The normalized spacial score (nSPS) is 30.0. The molecule has 0 aromatic carbocycles. The fraction of sp³-hybridized carbons (Fsp3) is 0.800. The molecule has 0 spiro atoms. The smallest absolute Gasteiger partial charge is 0.234 e. The lowest BCUT2D eigenvalue weighted by Crippen LogP contribution is -2.45. The molecule has 1 heterocycles. The molecular weight excluding hydrogens is 104 g/mol. The predicted molar refractivity (Wildman–Crippen MR) is 30.5 cm³/mol. The Morgan fingerprint density at radius 3 is 3.38 bits per heavy atom. The molecule has 0 radical (unpaired) electrons. The van der Waals surface area contributed by atoms with Crippen LogP contribution in [0.2, 0.25) is 0 Å². The van der Waals surface area contributed by atoms with E-state index in [1.165, 1.54) is 4.90 Å². The van der Waals surface area contributed by atoms with Gasteiger partial charge in [0.2, 0.25) is 5.91 Å². The monoisotopic (exact) mass is 117 g/mol. The van der Waals surface area contributed by atoms with Crippen LogP contribution in [0.25, 0.3) is 0 Å². The average Bonchev–Trinajstić information content (AvgIpc) is 1.86. The molecule has 1 aliphatic rings. The molecular formula is C5H10N2O. The van der Waals surface area contributed by atoms with E-state index in [9.17, 15) is 4.79 Å². The van der Waals surface area contributed by atoms with Gasteiger partial charge in [-0.15, -0.1) is 0 Å². The molecule has 0 saturated carbocycles. The molecule has 8 heavy (non-hydrogen) atoms. The molecule has 0 aromatic heterocycles. The van der Waals surface area contributed by atoms with Crippen molar-refractivity contribution < 1.29 is 8.91 Å². The van der Waals surface area contributed by atoms with Crippen molar-refractivity contribution in [2.75, 3.05) is 26.6 Å². The lowest BCUT2D eigenvalue weighted by molar-refractivity contribution is -0.123. The zero-order chi connectivity index (χ0) is 8.48. The molecule has 0 unspecified atom stereocenters. The van der Waals surface area contributed by atoms with Crippen molar-refractivity contribution in [2.24, 2.45) is 0 Å². The number of piperazine rings is 1. The van der Waals surface area contributed by atoms with Crippen molar-refractivity contribution in [3.05, 3.63) is 0 Å². The molecule has 0 bridgehead atoms. The predicted octanol–water partition coefficient (Wildman–Crippen LogP) is -0.952. The number of carbonyl (C=O) groups excluding carboxylic acids is 1. The minimum atomic E-state index is -2.13. The molecule has 3 heteroatoms. The van der Waals surface area contributed by atoms with Crippen LogP contribution in [-0.2, 0) is 4.79 Å². The lowest BCUT2D eigenvalue weighted by Gasteiger charge is -2.21. The fourth-order valence-electron chi connectivity index (χ4n) is 0.639. The van der Waals surface area contributed by atoms with Crippen LogP contribution in [-0.4, -0.2) is 37.4 Å². The number of rotatable bonds is 0. The summed E-state index contributed by atoms with van der Waals surface area (Å²) in [5.41, 5.74) is 0. The Kier molecular flexibility index (Phi) is 0.753. The summed E-state index contributed by atoms with van der Waals surface area (Å²) in [6, 6.07) is 0. The van der Waals surface area contributed by atoms with Gasteiger partial charge in [-0.05, 0) is 6.98 Å². The molecule has 0 aliphatic carbocycles. The summed E-state index contributed by atoms with van der Waals surface area (Å²) in [6.07, 6.45) is 0. The van der Waals surface area contributed by atoms with Crippen molar-refractivity contribution in [3.63, 3.8) is 0 Å². The number of nitrogens with zero attached hydrogens (tertiary/aromatic N) is 1. The Hall–Kier alpha value is -0.570. The van der Waals surface area contributed by atoms with Crippen molar-refractivity contribution in [1.29, 1.82) is 0 Å². The Bertz CT molecular complexity index is 168. The second-order valence-electron chi connectivity index (χ2n) is 1.77. The maximum absolute atomic E-state index is 10.7. The van der Waals surface area contributed by atoms with Crippen molar-refractivity contribution >= 4 is 5.91 Å². The maximum Gasteiger partial charge on any atom is 0.234 e. The summed E-state index contributed by atoms with van der Waals surface area (Å²) in [5.74, 6) is -0.215. The van der Waals surface area contributed by atoms with Gasteiger partial charge in [0.25, 0.3) is 0 Å². The number of amides is 1. The number of hydrogen-bond donors (Lipinski definition) is 1. The van der Waals surface area contributed by atoms with E-state index in [0.717, 1.165) is 0 Å². The van der Waals surface area contributed by atoms with Gasteiger partial charge >= 0.3 is 0 Å². The van der Waals surface area contributed by atoms with E-state index in [4.69, 9.17) is 4.11 Å². The first-order valence-corrected chi connectivity index (χ1v) is 2.52. The fourth-order valence-corrected chi connectivity index (χ4v) is 0.639. The van der Waals surface area contributed by atoms with E-state index in [1.807, 2.05) is 0 Å². The van der Waals surface area contributed by atoms with Gasteiger partial charge < -0.3 is 5.32 Å². The minimum Gasteiger partial charge on any atom is -0.354 e. The van der Waals surface area contributed by atoms with Crippen LogP contribution in [0.4, 0.5) is 0 Å². The van der Waals surface area contributed by atoms with Gasteiger partial charge in [-0.3, -0.25) is 9.69 Å². The Labute approximate surface area is 52.9 Å². The zero-order valence-electron chi connectivity index (χ0n) is 7.48. The molecule has 1 saturated heterocycles. The molecule has 46 valence electrons. The molecule has 1 aliphatic heterocycles. The van der Waals surface area contributed by atoms with E-state index in [-0.39, 0.29) is 12.5 Å². The van der Waals surface area contributed by atoms with Crippen LogP contribution in [0, 0.1) is 0 Å². The summed E-state index contributed by atoms with van der Waals surface area (Å²) in [5, 5.41) is 2.55. The van der Waals surface area contributed by atoms with Crippen LogP contribution < -0.4 is 5.32 Å². The third kappa shape index (κ3) is 1.20. The largest absolute Gasteiger partial charge is 0.354 e. The zero-order valence-corrected chi connectivity index (χ0v) is 4.48. The first-order chi connectivity index (χ1) is 5.00. The number of nitrogens with one attached hydrogen (secondary N) is 1. The van der Waals surface area contributed by atoms with Crippen LogP contribution in [0.15, 0.2) is 0 Å². The Morgan fingerprint density at radius 2 is 2.88 bits per heavy atom. The Balaban J connectivity index is 2.53. The second kappa shape index (κ2) is 2.13. The van der Waals surface area contributed by atoms with Crippen LogP contribution >= 0.6 is 0 Å². The highest BCUT2D eigenvalue weighted by Gasteiger charge is 2.10. The highest BCUT2D eigenvalue weighted by atomic mass is 16.2. The summed E-state index contributed by atoms with van der Waals surface area (Å²) in [6.45, 7) is -1.31. The first kappa shape index (κ1) is 2.82. The first-order valence-electron chi connectivity index (χ1n) is 4.02. The number of carbonyl (C=O) groups is 1. The van der Waals surface area contributed by atoms with E-state index in [1.54, 1.807) is 0 Å². The van der Waals surface area contributed by atoms with Crippen molar-refractivity contribution in [1.82, 2.24) is 10.2 Å². The van der Waals surface area contributed by atoms with Gasteiger partial charge in [-0.2, -0.15) is 0 Å². The van der Waals surface area contributed by atoms with Gasteiger partial charge in [0, 0.05) is 17.2 Å². The van der Waals surface area contributed by atoms with Crippen molar-refractivity contribution in [3.8, 4) is 0 Å². The third-order valence-corrected chi connectivity index (χ3v) is 1.04. The van der Waals surface area contributed by atoms with Crippen LogP contribution in [0.5, 0.6) is 0 Å². The summed E-state index contributed by atoms with van der Waals surface area (Å²) in [7, 11) is 0. The summed E-state index contributed by atoms with van der Waals surface area (Å²) in [4.78, 5) is 11.9. The number of hydrogen-bond acceptors (Lipinski definition) is 2. The maximum atomic E-state index is 10.7. The molecule has 3 nitrogen and oxygen atoms in total. The molecule has 1 amide bonds. The van der Waals surface area contributed by atoms with Gasteiger partial charge in [0.05, 0.1) is 6.54 Å². The highest BCUT2D eigenvalue weighted by Crippen LogP contribution is 1.85. The molecule has 0 atom stereocenters. The average molecular weight is 117 g/mol. The topological polar surface area (TPSA) is 32.3 Å². The quantitative estimate of drug-likeness (QED) is 0.443. The van der Waals surface area contributed by atoms with Crippen molar-refractivity contribution in [2.45, 2.75) is 0 Å². The van der Waals surface area contributed by atoms with Crippen LogP contribution in [0.3, 0.4) is 0 Å². The Morgan fingerprint density at radius 1 is 2.00 bits per heavy atom. The highest BCUT2D eigenvalue weighted by molar-refractivity contribution is 5.78. The van der Waals surface area contributed by atoms with E-state index < -0.39 is 6.98 Å². The van der Waals surface area contributed by atoms with E-state index >= 15 is 0 Å². The molecule has 1 fully saturated rings. The molecule has 1 N–H and O–H groups in total. The second-order valence-corrected chi connectivity index (χ2v) is 1.77. The SMILES string of the molecule is [2H]C([2H])([2H])N1CCNC(=O)C1. The third-order valence-electron chi connectivity index (χ3n) is 1.04. The van der Waals surface area contributed by atoms with E-state index in [2.05, 4.69) is 5.32 Å². The van der Waals surface area contributed by atoms with Crippen LogP contribution in [0.1, 0.15) is 4.11 Å².